The van der Waals surface area contributed by atoms with Crippen LogP contribution in [0.15, 0.2) is 0 Å². The number of hydrogen-bond acceptors (Lipinski definition) is 3. The maximum Gasteiger partial charge on any atom is 0.367 e. The van der Waals surface area contributed by atoms with E-state index >= 15 is 0 Å². The molecule has 5 aliphatic carbocycles. The van der Waals surface area contributed by atoms with E-state index in [1.54, 1.807) is 0 Å². The quantitative estimate of drug-likeness (QED) is 0.704. The van der Waals surface area contributed by atoms with Crippen molar-refractivity contribution in [1.29, 1.82) is 0 Å². The van der Waals surface area contributed by atoms with Gasteiger partial charge >= 0.3 is 5.30 Å². The molecule has 0 aromatic heterocycles. The molecule has 4 bridgehead atoms. The standard InChI is InChI=1S/C16H24O2S/c1-9(2)16(18-14(17)19-3)11-4-10-5-12-13(16)8-15(12,6-10)7-11/h9-13H,4-8H2,1-3H3. The monoisotopic (exact) mass is 280 g/mol. The molecule has 6 unspecified atom stereocenters. The predicted molar refractivity (Wildman–Crippen MR) is 77.0 cm³/mol. The van der Waals surface area contributed by atoms with E-state index in [0.29, 0.717) is 23.2 Å². The average molecular weight is 280 g/mol. The van der Waals surface area contributed by atoms with Crippen molar-refractivity contribution in [3.63, 3.8) is 0 Å². The maximum atomic E-state index is 12.0. The molecule has 0 N–H and O–H groups in total. The summed E-state index contributed by atoms with van der Waals surface area (Å²) < 4.78 is 6.14. The van der Waals surface area contributed by atoms with Gasteiger partial charge in [-0.3, -0.25) is 0 Å². The summed E-state index contributed by atoms with van der Waals surface area (Å²) in [6.07, 6.45) is 8.73. The van der Waals surface area contributed by atoms with Crippen molar-refractivity contribution in [2.45, 2.75) is 51.6 Å². The molecule has 0 amide bonds. The highest BCUT2D eigenvalue weighted by Gasteiger charge is 2.75. The Morgan fingerprint density at radius 3 is 2.68 bits per heavy atom. The average Bonchev–Trinajstić information content (AvgIpc) is 2.51. The molecule has 106 valence electrons. The fraction of sp³-hybridized carbons (Fsp3) is 0.938. The van der Waals surface area contributed by atoms with Crippen molar-refractivity contribution < 1.29 is 9.53 Å². The molecule has 2 nitrogen and oxygen atoms in total. The second-order valence-corrected chi connectivity index (χ2v) is 8.53. The summed E-state index contributed by atoms with van der Waals surface area (Å²) in [6.45, 7) is 4.54. The number of carbonyl (C=O) groups excluding carboxylic acids is 1. The van der Waals surface area contributed by atoms with Gasteiger partial charge in [0.15, 0.2) is 0 Å². The summed E-state index contributed by atoms with van der Waals surface area (Å²) in [7, 11) is 0. The molecule has 0 aromatic carbocycles. The summed E-state index contributed by atoms with van der Waals surface area (Å²) in [4.78, 5) is 12.0. The van der Waals surface area contributed by atoms with Gasteiger partial charge in [-0.15, -0.1) is 0 Å². The first-order chi connectivity index (χ1) is 9.02. The molecule has 0 aliphatic heterocycles. The van der Waals surface area contributed by atoms with Crippen molar-refractivity contribution >= 4 is 17.1 Å². The SMILES string of the molecule is CSC(=O)OC1(C(C)C)C2CC3CC4C1CC4(C3)C2. The van der Waals surface area contributed by atoms with Crippen molar-refractivity contribution in [3.8, 4) is 0 Å². The number of fused-ring (bicyclic) bond motifs is 1. The molecule has 0 radical (unpaired) electrons. The minimum absolute atomic E-state index is 0.0594. The second-order valence-electron chi connectivity index (χ2n) is 7.79. The summed E-state index contributed by atoms with van der Waals surface area (Å²) in [5, 5.41) is -0.0594. The molecule has 6 atom stereocenters. The van der Waals surface area contributed by atoms with Crippen LogP contribution < -0.4 is 0 Å². The molecular weight excluding hydrogens is 256 g/mol. The molecule has 3 heteroatoms. The smallest absolute Gasteiger partial charge is 0.367 e. The Balaban J connectivity index is 1.74. The van der Waals surface area contributed by atoms with Gasteiger partial charge in [0.05, 0.1) is 0 Å². The zero-order valence-electron chi connectivity index (χ0n) is 12.1. The van der Waals surface area contributed by atoms with Crippen LogP contribution in [0.1, 0.15) is 46.0 Å². The number of carbonyl (C=O) groups is 1. The third-order valence-electron chi connectivity index (χ3n) is 7.00. The first-order valence-corrected chi connectivity index (χ1v) is 9.01. The zero-order chi connectivity index (χ0) is 13.4. The highest BCUT2D eigenvalue weighted by atomic mass is 32.2. The Labute approximate surface area is 120 Å². The lowest BCUT2D eigenvalue weighted by molar-refractivity contribution is -0.250. The molecule has 0 saturated heterocycles. The summed E-state index contributed by atoms with van der Waals surface area (Å²) >= 11 is 1.24. The number of rotatable bonds is 2. The van der Waals surface area contributed by atoms with E-state index < -0.39 is 0 Å². The van der Waals surface area contributed by atoms with Crippen molar-refractivity contribution in [2.75, 3.05) is 6.26 Å². The topological polar surface area (TPSA) is 26.3 Å². The van der Waals surface area contributed by atoms with Crippen LogP contribution >= 0.6 is 11.8 Å². The minimum Gasteiger partial charge on any atom is -0.450 e. The third kappa shape index (κ3) is 1.33. The van der Waals surface area contributed by atoms with E-state index in [4.69, 9.17) is 4.74 Å². The van der Waals surface area contributed by atoms with Crippen LogP contribution in [0.4, 0.5) is 4.79 Å². The Hall–Kier alpha value is -0.180. The molecule has 5 aliphatic rings. The number of thioether (sulfide) groups is 1. The molecule has 5 fully saturated rings. The molecule has 5 rings (SSSR count). The van der Waals surface area contributed by atoms with Gasteiger partial charge in [-0.1, -0.05) is 13.8 Å². The van der Waals surface area contributed by atoms with Gasteiger partial charge in [-0.05, 0) is 73.3 Å². The highest BCUT2D eigenvalue weighted by Crippen LogP contribution is 2.78. The van der Waals surface area contributed by atoms with Gasteiger partial charge in [-0.2, -0.15) is 0 Å². The molecule has 19 heavy (non-hydrogen) atoms. The van der Waals surface area contributed by atoms with Crippen molar-refractivity contribution in [1.82, 2.24) is 0 Å². The molecule has 5 saturated carbocycles. The van der Waals surface area contributed by atoms with E-state index in [9.17, 15) is 4.79 Å². The van der Waals surface area contributed by atoms with Gasteiger partial charge in [0.1, 0.15) is 5.60 Å². The minimum atomic E-state index is -0.137. The van der Waals surface area contributed by atoms with E-state index in [1.165, 1.54) is 43.9 Å². The Morgan fingerprint density at radius 2 is 2.00 bits per heavy atom. The van der Waals surface area contributed by atoms with Crippen LogP contribution in [-0.4, -0.2) is 17.2 Å². The van der Waals surface area contributed by atoms with Gasteiger partial charge < -0.3 is 4.74 Å². The Morgan fingerprint density at radius 1 is 1.21 bits per heavy atom. The van der Waals surface area contributed by atoms with Crippen molar-refractivity contribution in [3.05, 3.63) is 0 Å². The van der Waals surface area contributed by atoms with Crippen LogP contribution in [0, 0.1) is 35.0 Å². The zero-order valence-corrected chi connectivity index (χ0v) is 13.0. The summed E-state index contributed by atoms with van der Waals surface area (Å²) in [5.41, 5.74) is 0.546. The molecule has 0 heterocycles. The van der Waals surface area contributed by atoms with Crippen LogP contribution in [0.25, 0.3) is 0 Å². The molecule has 1 spiro atoms. The number of ether oxygens (including phenoxy) is 1. The fourth-order valence-corrected chi connectivity index (χ4v) is 6.85. The number of hydrogen-bond donors (Lipinski definition) is 0. The van der Waals surface area contributed by atoms with Gasteiger partial charge in [0, 0.05) is 11.8 Å². The highest BCUT2D eigenvalue weighted by molar-refractivity contribution is 8.12. The van der Waals surface area contributed by atoms with Gasteiger partial charge in [-0.25, -0.2) is 4.79 Å². The lowest BCUT2D eigenvalue weighted by Gasteiger charge is -2.68. The third-order valence-corrected chi connectivity index (χ3v) is 7.42. The van der Waals surface area contributed by atoms with Gasteiger partial charge in [0.2, 0.25) is 0 Å². The summed E-state index contributed by atoms with van der Waals surface area (Å²) in [5.74, 6) is 3.56. The van der Waals surface area contributed by atoms with E-state index in [1.807, 2.05) is 6.26 Å². The first kappa shape index (κ1) is 12.6. The van der Waals surface area contributed by atoms with Gasteiger partial charge in [0.25, 0.3) is 0 Å². The Bertz CT molecular complexity index is 428. The maximum absolute atomic E-state index is 12.0. The lowest BCUT2D eigenvalue weighted by atomic mass is 9.38. The van der Waals surface area contributed by atoms with Crippen LogP contribution in [0.3, 0.4) is 0 Å². The summed E-state index contributed by atoms with van der Waals surface area (Å²) in [6, 6.07) is 0. The van der Waals surface area contributed by atoms with E-state index in [-0.39, 0.29) is 10.9 Å². The van der Waals surface area contributed by atoms with Crippen molar-refractivity contribution in [2.24, 2.45) is 35.0 Å². The normalized spacial score (nSPS) is 53.3. The molecular formula is C16H24O2S. The van der Waals surface area contributed by atoms with E-state index in [0.717, 1.165) is 11.8 Å². The van der Waals surface area contributed by atoms with Crippen LogP contribution in [0.5, 0.6) is 0 Å². The van der Waals surface area contributed by atoms with Crippen LogP contribution in [0.2, 0.25) is 0 Å². The first-order valence-electron chi connectivity index (χ1n) is 7.79. The fourth-order valence-electron chi connectivity index (χ4n) is 6.62. The largest absolute Gasteiger partial charge is 0.450 e. The molecule has 0 aromatic rings. The lowest BCUT2D eigenvalue weighted by Crippen LogP contribution is -2.68. The second kappa shape index (κ2) is 3.72. The van der Waals surface area contributed by atoms with Crippen LogP contribution in [-0.2, 0) is 4.74 Å². The predicted octanol–water partition coefficient (Wildman–Crippen LogP) is 4.34. The van der Waals surface area contributed by atoms with E-state index in [2.05, 4.69) is 13.8 Å². The Kier molecular flexibility index (Phi) is 2.46.